The zero-order valence-electron chi connectivity index (χ0n) is 16.7. The van der Waals surface area contributed by atoms with E-state index in [1.165, 1.54) is 26.2 Å². The van der Waals surface area contributed by atoms with Crippen molar-refractivity contribution in [2.75, 3.05) is 4.90 Å². The molecule has 4 heterocycles. The maximum atomic E-state index is 2.77. The standard InChI is InChI=1S/C23H27NS2/c1-13-9-8-10-15-18(13)24-14(2)17-19-16(11-12-25-19)26-20(17)23(24,7)22(5,6)21(15,3)4/h8-12,14H,1-7H3/t14-,23?/m0/s1. The molecule has 0 spiro atoms. The number of thiophene rings is 2. The molecule has 3 aromatic rings. The minimum atomic E-state index is 0.00771. The van der Waals surface area contributed by atoms with Gasteiger partial charge >= 0.3 is 0 Å². The Kier molecular flexibility index (Phi) is 3.07. The van der Waals surface area contributed by atoms with E-state index in [2.05, 4.69) is 83.0 Å². The lowest BCUT2D eigenvalue weighted by Crippen LogP contribution is -2.61. The summed E-state index contributed by atoms with van der Waals surface area (Å²) in [6, 6.07) is 9.61. The highest BCUT2D eigenvalue weighted by Gasteiger charge is 2.64. The minimum Gasteiger partial charge on any atom is -0.353 e. The number of hydrogen-bond donors (Lipinski definition) is 0. The Morgan fingerprint density at radius 1 is 1.04 bits per heavy atom. The van der Waals surface area contributed by atoms with Crippen molar-refractivity contribution < 1.29 is 0 Å². The summed E-state index contributed by atoms with van der Waals surface area (Å²) >= 11 is 3.95. The SMILES string of the molecule is Cc1cccc2c1N1[C@@H](C)c3c(sc4ccsc34)C1(C)C(C)(C)C2(C)C. The van der Waals surface area contributed by atoms with Crippen LogP contribution in [0.2, 0.25) is 0 Å². The molecule has 1 nitrogen and oxygen atoms in total. The number of para-hydroxylation sites is 1. The predicted octanol–water partition coefficient (Wildman–Crippen LogP) is 7.39. The molecule has 136 valence electrons. The van der Waals surface area contributed by atoms with Crippen molar-refractivity contribution in [1.82, 2.24) is 0 Å². The molecule has 0 radical (unpaired) electrons. The molecule has 3 heteroatoms. The second-order valence-electron chi connectivity index (χ2n) is 9.30. The maximum Gasteiger partial charge on any atom is 0.0787 e. The highest BCUT2D eigenvalue weighted by atomic mass is 32.1. The molecule has 1 aromatic carbocycles. The third-order valence-electron chi connectivity index (χ3n) is 7.99. The first-order valence-electron chi connectivity index (χ1n) is 9.54. The van der Waals surface area contributed by atoms with Crippen LogP contribution in [0.25, 0.3) is 9.40 Å². The zero-order chi connectivity index (χ0) is 18.6. The van der Waals surface area contributed by atoms with E-state index in [0.717, 1.165) is 0 Å². The molecule has 2 aromatic heterocycles. The van der Waals surface area contributed by atoms with Gasteiger partial charge in [-0.3, -0.25) is 0 Å². The fourth-order valence-electron chi connectivity index (χ4n) is 5.64. The number of nitrogens with zero attached hydrogens (tertiary/aromatic N) is 1. The lowest BCUT2D eigenvalue weighted by atomic mass is 9.52. The number of rotatable bonds is 0. The fourth-order valence-corrected chi connectivity index (χ4v) is 8.48. The molecule has 0 aliphatic carbocycles. The van der Waals surface area contributed by atoms with Crippen LogP contribution in [0.3, 0.4) is 0 Å². The summed E-state index contributed by atoms with van der Waals surface area (Å²) in [4.78, 5) is 4.36. The molecule has 0 saturated heterocycles. The Morgan fingerprint density at radius 3 is 2.50 bits per heavy atom. The van der Waals surface area contributed by atoms with Gasteiger partial charge < -0.3 is 4.90 Å². The van der Waals surface area contributed by atoms with Crippen molar-refractivity contribution in [2.45, 2.75) is 65.5 Å². The van der Waals surface area contributed by atoms with Gasteiger partial charge in [0.1, 0.15) is 0 Å². The summed E-state index contributed by atoms with van der Waals surface area (Å²) in [5.74, 6) is 0. The molecular weight excluding hydrogens is 354 g/mol. The van der Waals surface area contributed by atoms with Gasteiger partial charge in [0.15, 0.2) is 0 Å². The summed E-state index contributed by atoms with van der Waals surface area (Å²) in [5, 5.41) is 2.25. The normalized spacial score (nSPS) is 28.1. The van der Waals surface area contributed by atoms with Crippen molar-refractivity contribution in [1.29, 1.82) is 0 Å². The number of aryl methyl sites for hydroxylation is 1. The molecule has 0 N–H and O–H groups in total. The van der Waals surface area contributed by atoms with Crippen molar-refractivity contribution in [3.8, 4) is 0 Å². The highest BCUT2D eigenvalue weighted by molar-refractivity contribution is 7.27. The lowest BCUT2D eigenvalue weighted by Gasteiger charge is -2.62. The van der Waals surface area contributed by atoms with Gasteiger partial charge in [0.2, 0.25) is 0 Å². The summed E-state index contributed by atoms with van der Waals surface area (Å²) in [7, 11) is 0. The first kappa shape index (κ1) is 16.8. The van der Waals surface area contributed by atoms with E-state index in [4.69, 9.17) is 0 Å². The lowest BCUT2D eigenvalue weighted by molar-refractivity contribution is 0.0672. The van der Waals surface area contributed by atoms with Crippen LogP contribution in [0.1, 0.15) is 69.2 Å². The van der Waals surface area contributed by atoms with Gasteiger partial charge in [0, 0.05) is 26.2 Å². The average Bonchev–Trinajstić information content (AvgIpc) is 3.19. The molecule has 2 atom stereocenters. The smallest absolute Gasteiger partial charge is 0.0787 e. The van der Waals surface area contributed by atoms with Gasteiger partial charge in [0.25, 0.3) is 0 Å². The van der Waals surface area contributed by atoms with Crippen LogP contribution in [0.5, 0.6) is 0 Å². The molecule has 5 rings (SSSR count). The van der Waals surface area contributed by atoms with Crippen LogP contribution in [-0.4, -0.2) is 0 Å². The van der Waals surface area contributed by atoms with Crippen molar-refractivity contribution >= 4 is 37.8 Å². The fraction of sp³-hybridized carbons (Fsp3) is 0.478. The Balaban J connectivity index is 1.94. The van der Waals surface area contributed by atoms with Gasteiger partial charge in [-0.2, -0.15) is 0 Å². The first-order chi connectivity index (χ1) is 12.1. The van der Waals surface area contributed by atoms with Gasteiger partial charge in [0.05, 0.1) is 16.3 Å². The van der Waals surface area contributed by atoms with Crippen molar-refractivity contribution in [3.63, 3.8) is 0 Å². The molecule has 0 bridgehead atoms. The van der Waals surface area contributed by atoms with E-state index < -0.39 is 0 Å². The topological polar surface area (TPSA) is 3.24 Å². The quantitative estimate of drug-likeness (QED) is 0.392. The molecule has 2 aliphatic heterocycles. The summed E-state index contributed by atoms with van der Waals surface area (Å²) < 4.78 is 2.98. The Hall–Kier alpha value is -1.32. The largest absolute Gasteiger partial charge is 0.353 e. The van der Waals surface area contributed by atoms with E-state index in [-0.39, 0.29) is 16.4 Å². The molecular formula is C23H27NS2. The van der Waals surface area contributed by atoms with E-state index in [0.29, 0.717) is 6.04 Å². The van der Waals surface area contributed by atoms with Gasteiger partial charge in [-0.1, -0.05) is 45.9 Å². The van der Waals surface area contributed by atoms with Crippen molar-refractivity contribution in [3.05, 3.63) is 51.2 Å². The third kappa shape index (κ3) is 1.56. The maximum absolute atomic E-state index is 2.77. The van der Waals surface area contributed by atoms with E-state index in [1.807, 2.05) is 22.7 Å². The van der Waals surface area contributed by atoms with Crippen LogP contribution < -0.4 is 4.90 Å². The van der Waals surface area contributed by atoms with Crippen LogP contribution in [-0.2, 0) is 11.0 Å². The number of benzene rings is 1. The highest BCUT2D eigenvalue weighted by Crippen LogP contribution is 2.69. The van der Waals surface area contributed by atoms with Gasteiger partial charge in [-0.25, -0.2) is 0 Å². The van der Waals surface area contributed by atoms with Gasteiger partial charge in [-0.05, 0) is 48.8 Å². The van der Waals surface area contributed by atoms with Crippen LogP contribution in [0, 0.1) is 12.3 Å². The first-order valence-corrected chi connectivity index (χ1v) is 11.2. The van der Waals surface area contributed by atoms with Crippen LogP contribution in [0.15, 0.2) is 29.6 Å². The molecule has 1 unspecified atom stereocenters. The Morgan fingerprint density at radius 2 is 1.77 bits per heavy atom. The average molecular weight is 382 g/mol. The molecule has 0 amide bonds. The third-order valence-corrected chi connectivity index (χ3v) is 10.4. The van der Waals surface area contributed by atoms with Gasteiger partial charge in [-0.15, -0.1) is 22.7 Å². The van der Waals surface area contributed by atoms with Crippen molar-refractivity contribution in [2.24, 2.45) is 5.41 Å². The Labute approximate surface area is 164 Å². The number of fused-ring (bicyclic) bond motifs is 7. The molecule has 26 heavy (non-hydrogen) atoms. The molecule has 2 aliphatic rings. The minimum absolute atomic E-state index is 0.00771. The second-order valence-corrected chi connectivity index (χ2v) is 11.3. The summed E-state index contributed by atoms with van der Waals surface area (Å²) in [6.07, 6.45) is 0. The summed E-state index contributed by atoms with van der Waals surface area (Å²) in [6.45, 7) is 17.1. The predicted molar refractivity (Wildman–Crippen MR) is 116 cm³/mol. The van der Waals surface area contributed by atoms with E-state index in [1.54, 1.807) is 10.4 Å². The number of anilines is 1. The Bertz CT molecular complexity index is 1050. The second kappa shape index (κ2) is 4.74. The van der Waals surface area contributed by atoms with E-state index >= 15 is 0 Å². The van der Waals surface area contributed by atoms with E-state index in [9.17, 15) is 0 Å². The summed E-state index contributed by atoms with van der Waals surface area (Å²) in [5.41, 5.74) is 6.17. The molecule has 0 saturated carbocycles. The zero-order valence-corrected chi connectivity index (χ0v) is 18.4. The monoisotopic (exact) mass is 381 g/mol. The van der Waals surface area contributed by atoms with Crippen LogP contribution >= 0.6 is 22.7 Å². The van der Waals surface area contributed by atoms with Crippen LogP contribution in [0.4, 0.5) is 5.69 Å². The number of hydrogen-bond acceptors (Lipinski definition) is 3. The molecule has 0 fully saturated rings.